The van der Waals surface area contributed by atoms with E-state index in [-0.39, 0.29) is 17.5 Å². The zero-order chi connectivity index (χ0) is 13.8. The summed E-state index contributed by atoms with van der Waals surface area (Å²) in [5.74, 6) is -0.259. The van der Waals surface area contributed by atoms with Gasteiger partial charge < -0.3 is 5.32 Å². The van der Waals surface area contributed by atoms with Crippen LogP contribution in [0.15, 0.2) is 12.4 Å². The lowest BCUT2D eigenvalue weighted by Gasteiger charge is -2.16. The number of amides is 1. The second kappa shape index (κ2) is 5.81. The van der Waals surface area contributed by atoms with Crippen molar-refractivity contribution in [2.24, 2.45) is 5.92 Å². The molecule has 19 heavy (non-hydrogen) atoms. The molecular weight excluding hydrogens is 248 g/mol. The van der Waals surface area contributed by atoms with Gasteiger partial charge in [-0.1, -0.05) is 19.8 Å². The third-order valence-corrected chi connectivity index (χ3v) is 3.44. The molecule has 1 saturated carbocycles. The van der Waals surface area contributed by atoms with Crippen LogP contribution in [0.5, 0.6) is 0 Å². The molecule has 0 bridgehead atoms. The zero-order valence-electron chi connectivity index (χ0n) is 10.9. The van der Waals surface area contributed by atoms with Gasteiger partial charge in [-0.25, -0.2) is 0 Å². The van der Waals surface area contributed by atoms with Crippen LogP contribution < -0.4 is 5.32 Å². The van der Waals surface area contributed by atoms with E-state index < -0.39 is 4.92 Å². The van der Waals surface area contributed by atoms with E-state index in [0.717, 1.165) is 12.8 Å². The predicted molar refractivity (Wildman–Crippen MR) is 68.4 cm³/mol. The fourth-order valence-corrected chi connectivity index (χ4v) is 2.32. The van der Waals surface area contributed by atoms with Gasteiger partial charge in [0.25, 0.3) is 0 Å². The Morgan fingerprint density at radius 1 is 1.63 bits per heavy atom. The fraction of sp³-hybridized carbons (Fsp3) is 0.667. The molecule has 1 unspecified atom stereocenters. The second-order valence-electron chi connectivity index (χ2n) is 5.07. The van der Waals surface area contributed by atoms with E-state index >= 15 is 0 Å². The third-order valence-electron chi connectivity index (χ3n) is 3.44. The summed E-state index contributed by atoms with van der Waals surface area (Å²) in [5.41, 5.74) is -0.0524. The summed E-state index contributed by atoms with van der Waals surface area (Å²) >= 11 is 0. The first-order valence-electron chi connectivity index (χ1n) is 6.53. The van der Waals surface area contributed by atoms with Gasteiger partial charge in [-0.2, -0.15) is 5.10 Å². The van der Waals surface area contributed by atoms with Gasteiger partial charge in [0, 0.05) is 6.04 Å². The minimum absolute atomic E-state index is 0.00921. The Balaban J connectivity index is 1.86. The van der Waals surface area contributed by atoms with Crippen LogP contribution in [-0.2, 0) is 11.3 Å². The Morgan fingerprint density at radius 2 is 2.32 bits per heavy atom. The molecule has 0 aromatic carbocycles. The van der Waals surface area contributed by atoms with Gasteiger partial charge >= 0.3 is 5.69 Å². The Labute approximate surface area is 111 Å². The van der Waals surface area contributed by atoms with Crippen LogP contribution in [0, 0.1) is 16.0 Å². The fourth-order valence-electron chi connectivity index (χ4n) is 2.32. The highest BCUT2D eigenvalue weighted by Gasteiger charge is 2.21. The van der Waals surface area contributed by atoms with Crippen LogP contribution >= 0.6 is 0 Å². The third kappa shape index (κ3) is 3.52. The van der Waals surface area contributed by atoms with Crippen molar-refractivity contribution in [3.05, 3.63) is 22.5 Å². The molecule has 1 aliphatic carbocycles. The average molecular weight is 266 g/mol. The highest BCUT2D eigenvalue weighted by molar-refractivity contribution is 5.78. The van der Waals surface area contributed by atoms with Crippen LogP contribution in [0.1, 0.15) is 32.6 Å². The first kappa shape index (κ1) is 13.5. The number of carbonyl (C=O) groups excluding carboxylic acids is 1. The second-order valence-corrected chi connectivity index (χ2v) is 5.07. The summed E-state index contributed by atoms with van der Waals surface area (Å²) in [4.78, 5) is 22.0. The van der Waals surface area contributed by atoms with E-state index in [0.29, 0.717) is 12.6 Å². The minimum Gasteiger partial charge on any atom is -0.353 e. The molecule has 0 spiro atoms. The Hall–Kier alpha value is -1.92. The van der Waals surface area contributed by atoms with Gasteiger partial charge in [0.2, 0.25) is 5.91 Å². The molecule has 1 aliphatic rings. The summed E-state index contributed by atoms with van der Waals surface area (Å²) in [6, 6.07) is 0.293. The van der Waals surface area contributed by atoms with Crippen LogP contribution in [0.2, 0.25) is 0 Å². The van der Waals surface area contributed by atoms with Gasteiger partial charge in [-0.3, -0.25) is 19.6 Å². The molecule has 0 aliphatic heterocycles. The SMILES string of the molecule is CC(Cn1cc([N+](=O)[O-])cn1)C(=O)NC1CCCC1. The summed E-state index contributed by atoms with van der Waals surface area (Å²) in [6.07, 6.45) is 6.98. The first-order valence-corrected chi connectivity index (χ1v) is 6.53. The van der Waals surface area contributed by atoms with Crippen molar-refractivity contribution >= 4 is 11.6 Å². The molecule has 104 valence electrons. The van der Waals surface area contributed by atoms with Crippen LogP contribution in [0.4, 0.5) is 5.69 Å². The van der Waals surface area contributed by atoms with Gasteiger partial charge in [0.15, 0.2) is 0 Å². The molecule has 7 heteroatoms. The Bertz CT molecular complexity index is 465. The lowest BCUT2D eigenvalue weighted by molar-refractivity contribution is -0.385. The number of carbonyl (C=O) groups is 1. The van der Waals surface area contributed by atoms with Crippen molar-refractivity contribution in [2.75, 3.05) is 0 Å². The molecule has 1 amide bonds. The molecular formula is C12H18N4O3. The molecule has 2 rings (SSSR count). The largest absolute Gasteiger partial charge is 0.353 e. The number of hydrogen-bond acceptors (Lipinski definition) is 4. The van der Waals surface area contributed by atoms with Crippen molar-refractivity contribution in [3.8, 4) is 0 Å². The number of aromatic nitrogens is 2. The maximum atomic E-state index is 12.0. The lowest BCUT2D eigenvalue weighted by atomic mass is 10.1. The summed E-state index contributed by atoms with van der Waals surface area (Å²) in [5, 5.41) is 17.4. The average Bonchev–Trinajstić information content (AvgIpc) is 2.99. The van der Waals surface area contributed by atoms with E-state index in [2.05, 4.69) is 10.4 Å². The monoisotopic (exact) mass is 266 g/mol. The molecule has 1 aromatic heterocycles. The van der Waals surface area contributed by atoms with Crippen LogP contribution in [0.3, 0.4) is 0 Å². The van der Waals surface area contributed by atoms with E-state index in [4.69, 9.17) is 0 Å². The van der Waals surface area contributed by atoms with E-state index in [9.17, 15) is 14.9 Å². The maximum absolute atomic E-state index is 12.0. The molecule has 1 heterocycles. The number of rotatable bonds is 5. The van der Waals surface area contributed by atoms with Crippen molar-refractivity contribution in [1.82, 2.24) is 15.1 Å². The molecule has 1 atom stereocenters. The van der Waals surface area contributed by atoms with E-state index in [1.54, 1.807) is 6.92 Å². The van der Waals surface area contributed by atoms with E-state index in [1.807, 2.05) is 0 Å². The summed E-state index contributed by atoms with van der Waals surface area (Å²) < 4.78 is 1.44. The van der Waals surface area contributed by atoms with Gasteiger partial charge in [-0.15, -0.1) is 0 Å². The molecule has 0 saturated heterocycles. The van der Waals surface area contributed by atoms with Crippen LogP contribution in [0.25, 0.3) is 0 Å². The highest BCUT2D eigenvalue weighted by atomic mass is 16.6. The lowest BCUT2D eigenvalue weighted by Crippen LogP contribution is -2.37. The van der Waals surface area contributed by atoms with Gasteiger partial charge in [0.05, 0.1) is 17.4 Å². The van der Waals surface area contributed by atoms with Crippen molar-refractivity contribution in [1.29, 1.82) is 0 Å². The number of nitro groups is 1. The maximum Gasteiger partial charge on any atom is 0.306 e. The standard InChI is InChI=1S/C12H18N4O3/c1-9(12(17)14-10-4-2-3-5-10)7-15-8-11(6-13-15)16(18)19/h6,8-10H,2-5,7H2,1H3,(H,14,17). The molecule has 1 aromatic rings. The Kier molecular flexibility index (Phi) is 4.13. The topological polar surface area (TPSA) is 90.1 Å². The molecule has 0 radical (unpaired) electrons. The quantitative estimate of drug-likeness (QED) is 0.645. The molecule has 1 fully saturated rings. The molecule has 1 N–H and O–H groups in total. The van der Waals surface area contributed by atoms with Gasteiger partial charge in [-0.05, 0) is 12.8 Å². The number of hydrogen-bond donors (Lipinski definition) is 1. The summed E-state index contributed by atoms with van der Waals surface area (Å²) in [7, 11) is 0. The number of nitrogens with one attached hydrogen (secondary N) is 1. The first-order chi connectivity index (χ1) is 9.06. The predicted octanol–water partition coefficient (Wildman–Crippen LogP) is 1.49. The van der Waals surface area contributed by atoms with Crippen molar-refractivity contribution in [2.45, 2.75) is 45.2 Å². The van der Waals surface area contributed by atoms with Crippen molar-refractivity contribution in [3.63, 3.8) is 0 Å². The van der Waals surface area contributed by atoms with Gasteiger partial charge in [0.1, 0.15) is 12.4 Å². The Morgan fingerprint density at radius 3 is 2.89 bits per heavy atom. The number of nitrogens with zero attached hydrogens (tertiary/aromatic N) is 3. The normalized spacial score (nSPS) is 17.3. The minimum atomic E-state index is -0.493. The highest BCUT2D eigenvalue weighted by Crippen LogP contribution is 2.18. The summed E-state index contributed by atoms with van der Waals surface area (Å²) in [6.45, 7) is 2.16. The zero-order valence-corrected chi connectivity index (χ0v) is 10.9. The van der Waals surface area contributed by atoms with Crippen LogP contribution in [-0.4, -0.2) is 26.7 Å². The van der Waals surface area contributed by atoms with E-state index in [1.165, 1.54) is 29.9 Å². The molecule has 7 nitrogen and oxygen atoms in total. The van der Waals surface area contributed by atoms with Crippen molar-refractivity contribution < 1.29 is 9.72 Å². The smallest absolute Gasteiger partial charge is 0.306 e.